The number of nitrogens with zero attached hydrogens (tertiary/aromatic N) is 1. The summed E-state index contributed by atoms with van der Waals surface area (Å²) in [5.74, 6) is 0.239. The molecule has 23 heavy (non-hydrogen) atoms. The second-order valence-electron chi connectivity index (χ2n) is 5.92. The molecule has 0 saturated carbocycles. The maximum Gasteiger partial charge on any atom is 0.126 e. The van der Waals surface area contributed by atoms with Crippen LogP contribution in [-0.4, -0.2) is 4.57 Å². The van der Waals surface area contributed by atoms with Gasteiger partial charge in [-0.3, -0.25) is 0 Å². The minimum absolute atomic E-state index is 0.294. The van der Waals surface area contributed by atoms with Crippen LogP contribution < -0.4 is 10.5 Å². The SMILES string of the molecule is CC(C)n1cc(COc2cccc(F)c2)c2cccc(CN)c21. The number of nitrogens with two attached hydrogens (primary N) is 1. The van der Waals surface area contributed by atoms with Crippen molar-refractivity contribution < 1.29 is 9.13 Å². The molecule has 0 spiro atoms. The van der Waals surface area contributed by atoms with Crippen molar-refractivity contribution in [3.8, 4) is 5.75 Å². The first-order chi connectivity index (χ1) is 11.1. The first kappa shape index (κ1) is 15.6. The van der Waals surface area contributed by atoms with Crippen molar-refractivity contribution in [2.24, 2.45) is 5.73 Å². The van der Waals surface area contributed by atoms with Crippen molar-refractivity contribution >= 4 is 10.9 Å². The molecule has 2 N–H and O–H groups in total. The van der Waals surface area contributed by atoms with Crippen LogP contribution in [0.4, 0.5) is 4.39 Å². The van der Waals surface area contributed by atoms with Gasteiger partial charge in [-0.15, -0.1) is 0 Å². The van der Waals surface area contributed by atoms with E-state index in [-0.39, 0.29) is 5.82 Å². The number of halogens is 1. The van der Waals surface area contributed by atoms with Gasteiger partial charge in [0, 0.05) is 35.8 Å². The maximum absolute atomic E-state index is 13.3. The number of rotatable bonds is 5. The molecule has 0 radical (unpaired) electrons. The topological polar surface area (TPSA) is 40.2 Å². The van der Waals surface area contributed by atoms with Crippen molar-refractivity contribution in [2.45, 2.75) is 33.0 Å². The summed E-state index contributed by atoms with van der Waals surface area (Å²) in [6, 6.07) is 12.7. The number of fused-ring (bicyclic) bond motifs is 1. The van der Waals surface area contributed by atoms with E-state index in [9.17, 15) is 4.39 Å². The molecular formula is C19H21FN2O. The van der Waals surface area contributed by atoms with Crippen molar-refractivity contribution in [3.05, 3.63) is 65.6 Å². The second kappa shape index (κ2) is 6.42. The highest BCUT2D eigenvalue weighted by molar-refractivity contribution is 5.87. The first-order valence-electron chi connectivity index (χ1n) is 7.80. The molecular weight excluding hydrogens is 291 g/mol. The molecule has 0 saturated heterocycles. The number of benzene rings is 2. The lowest BCUT2D eigenvalue weighted by Gasteiger charge is -2.11. The van der Waals surface area contributed by atoms with Crippen molar-refractivity contribution in [1.29, 1.82) is 0 Å². The minimum atomic E-state index is -0.294. The van der Waals surface area contributed by atoms with E-state index in [2.05, 4.69) is 36.7 Å². The summed E-state index contributed by atoms with van der Waals surface area (Å²) in [4.78, 5) is 0. The molecule has 3 aromatic rings. The van der Waals surface area contributed by atoms with E-state index >= 15 is 0 Å². The summed E-state index contributed by atoms with van der Waals surface area (Å²) in [7, 11) is 0. The third kappa shape index (κ3) is 3.08. The highest BCUT2D eigenvalue weighted by Crippen LogP contribution is 2.28. The Morgan fingerprint density at radius 3 is 2.61 bits per heavy atom. The van der Waals surface area contributed by atoms with Crippen LogP contribution >= 0.6 is 0 Å². The molecule has 1 aromatic heterocycles. The van der Waals surface area contributed by atoms with Crippen LogP contribution in [0.1, 0.15) is 31.0 Å². The average Bonchev–Trinajstić information content (AvgIpc) is 2.92. The zero-order valence-corrected chi connectivity index (χ0v) is 13.4. The van der Waals surface area contributed by atoms with Gasteiger partial charge in [0.05, 0.1) is 5.52 Å². The summed E-state index contributed by atoms with van der Waals surface area (Å²) in [5, 5.41) is 1.14. The molecule has 0 atom stereocenters. The molecule has 0 unspecified atom stereocenters. The lowest BCUT2D eigenvalue weighted by atomic mass is 10.1. The Hall–Kier alpha value is -2.33. The van der Waals surface area contributed by atoms with E-state index < -0.39 is 0 Å². The molecule has 0 aliphatic heterocycles. The Kier molecular flexibility index (Phi) is 4.35. The van der Waals surface area contributed by atoms with E-state index in [0.717, 1.165) is 22.0 Å². The predicted octanol–water partition coefficient (Wildman–Crippen LogP) is 4.40. The lowest BCUT2D eigenvalue weighted by Crippen LogP contribution is -2.03. The highest BCUT2D eigenvalue weighted by atomic mass is 19.1. The Morgan fingerprint density at radius 2 is 1.91 bits per heavy atom. The minimum Gasteiger partial charge on any atom is -0.489 e. The predicted molar refractivity (Wildman–Crippen MR) is 90.9 cm³/mol. The van der Waals surface area contributed by atoms with E-state index in [1.807, 2.05) is 6.07 Å². The van der Waals surface area contributed by atoms with Crippen molar-refractivity contribution in [3.63, 3.8) is 0 Å². The monoisotopic (exact) mass is 312 g/mol. The third-order valence-electron chi connectivity index (χ3n) is 3.99. The molecule has 3 rings (SSSR count). The Labute approximate surface area is 135 Å². The van der Waals surface area contributed by atoms with Crippen LogP contribution in [-0.2, 0) is 13.2 Å². The van der Waals surface area contributed by atoms with Gasteiger partial charge in [-0.25, -0.2) is 4.39 Å². The summed E-state index contributed by atoms with van der Waals surface area (Å²) >= 11 is 0. The fourth-order valence-corrected chi connectivity index (χ4v) is 2.86. The van der Waals surface area contributed by atoms with Crippen molar-refractivity contribution in [2.75, 3.05) is 0 Å². The van der Waals surface area contributed by atoms with Crippen LogP contribution in [0.2, 0.25) is 0 Å². The summed E-state index contributed by atoms with van der Waals surface area (Å²) in [6.45, 7) is 5.18. The van der Waals surface area contributed by atoms with Gasteiger partial charge >= 0.3 is 0 Å². The van der Waals surface area contributed by atoms with Gasteiger partial charge in [0.25, 0.3) is 0 Å². The number of hydrogen-bond acceptors (Lipinski definition) is 2. The zero-order valence-electron chi connectivity index (χ0n) is 13.4. The number of aromatic nitrogens is 1. The van der Waals surface area contributed by atoms with Gasteiger partial charge in [0.1, 0.15) is 18.2 Å². The molecule has 0 aliphatic carbocycles. The summed E-state index contributed by atoms with van der Waals surface area (Å²) < 4.78 is 21.2. The average molecular weight is 312 g/mol. The fraction of sp³-hybridized carbons (Fsp3) is 0.263. The van der Waals surface area contributed by atoms with Gasteiger partial charge in [-0.1, -0.05) is 24.3 Å². The molecule has 0 fully saturated rings. The molecule has 0 aliphatic rings. The second-order valence-corrected chi connectivity index (χ2v) is 5.92. The Bertz CT molecular complexity index is 823. The van der Waals surface area contributed by atoms with Crippen LogP contribution in [0.15, 0.2) is 48.7 Å². The molecule has 3 nitrogen and oxygen atoms in total. The molecule has 0 bridgehead atoms. The van der Waals surface area contributed by atoms with Crippen molar-refractivity contribution in [1.82, 2.24) is 4.57 Å². The summed E-state index contributed by atoms with van der Waals surface area (Å²) in [5.41, 5.74) is 9.24. The van der Waals surface area contributed by atoms with Gasteiger partial charge in [0.2, 0.25) is 0 Å². The first-order valence-corrected chi connectivity index (χ1v) is 7.80. The third-order valence-corrected chi connectivity index (χ3v) is 3.99. The zero-order chi connectivity index (χ0) is 16.4. The number of ether oxygens (including phenoxy) is 1. The van der Waals surface area contributed by atoms with Gasteiger partial charge in [-0.2, -0.15) is 0 Å². The molecule has 2 aromatic carbocycles. The maximum atomic E-state index is 13.3. The van der Waals surface area contributed by atoms with E-state index in [1.165, 1.54) is 12.1 Å². The van der Waals surface area contributed by atoms with Crippen LogP contribution in [0.25, 0.3) is 10.9 Å². The lowest BCUT2D eigenvalue weighted by molar-refractivity contribution is 0.305. The van der Waals surface area contributed by atoms with Crippen LogP contribution in [0, 0.1) is 5.82 Å². The van der Waals surface area contributed by atoms with E-state index in [0.29, 0.717) is 24.9 Å². The largest absolute Gasteiger partial charge is 0.489 e. The van der Waals surface area contributed by atoms with Gasteiger partial charge in [0.15, 0.2) is 0 Å². The standard InChI is InChI=1S/C19H21FN2O/c1-13(2)22-11-15(12-23-17-7-4-6-16(20)9-17)18-8-3-5-14(10-21)19(18)22/h3-9,11,13H,10,12,21H2,1-2H3. The molecule has 0 amide bonds. The molecule has 4 heteroatoms. The van der Waals surface area contributed by atoms with Gasteiger partial charge in [-0.05, 0) is 31.5 Å². The fourth-order valence-electron chi connectivity index (χ4n) is 2.86. The smallest absolute Gasteiger partial charge is 0.126 e. The van der Waals surface area contributed by atoms with E-state index in [1.54, 1.807) is 12.1 Å². The normalized spacial score (nSPS) is 11.3. The van der Waals surface area contributed by atoms with Gasteiger partial charge < -0.3 is 15.0 Å². The molecule has 120 valence electrons. The quantitative estimate of drug-likeness (QED) is 0.758. The number of para-hydroxylation sites is 1. The molecule has 1 heterocycles. The Morgan fingerprint density at radius 1 is 1.13 bits per heavy atom. The Balaban J connectivity index is 1.98. The van der Waals surface area contributed by atoms with Crippen LogP contribution in [0.3, 0.4) is 0 Å². The summed E-state index contributed by atoms with van der Waals surface area (Å²) in [6.07, 6.45) is 2.10. The van der Waals surface area contributed by atoms with E-state index in [4.69, 9.17) is 10.5 Å². The van der Waals surface area contributed by atoms with Crippen LogP contribution in [0.5, 0.6) is 5.75 Å². The highest BCUT2D eigenvalue weighted by Gasteiger charge is 2.14. The number of hydrogen-bond donors (Lipinski definition) is 1.